The largest absolute Gasteiger partial charge is 0.366 e. The third-order valence-electron chi connectivity index (χ3n) is 2.81. The van der Waals surface area contributed by atoms with E-state index in [2.05, 4.69) is 15.1 Å². The minimum Gasteiger partial charge on any atom is -0.366 e. The minimum atomic E-state index is -0.533. The molecule has 19 heavy (non-hydrogen) atoms. The first-order chi connectivity index (χ1) is 9.13. The zero-order valence-corrected chi connectivity index (χ0v) is 10.2. The molecule has 6 heteroatoms. The lowest BCUT2D eigenvalue weighted by Gasteiger charge is -2.00. The molecule has 0 fully saturated rings. The zero-order chi connectivity index (χ0) is 13.4. The van der Waals surface area contributed by atoms with Crippen LogP contribution in [0, 0.1) is 0 Å². The molecule has 0 spiro atoms. The Morgan fingerprint density at radius 3 is 2.68 bits per heavy atom. The Morgan fingerprint density at radius 1 is 1.26 bits per heavy atom. The molecule has 0 aliphatic carbocycles. The predicted molar refractivity (Wildman–Crippen MR) is 70.3 cm³/mol. The number of carbonyl (C=O) groups excluding carboxylic acids is 1. The van der Waals surface area contributed by atoms with Crippen LogP contribution in [0.5, 0.6) is 0 Å². The topological polar surface area (TPSA) is 86.7 Å². The second kappa shape index (κ2) is 4.16. The molecule has 2 aromatic heterocycles. The van der Waals surface area contributed by atoms with Crippen molar-refractivity contribution in [3.8, 4) is 11.4 Å². The summed E-state index contributed by atoms with van der Waals surface area (Å²) < 4.78 is 1.76. The molecule has 0 unspecified atom stereocenters. The number of hydrogen-bond donors (Lipinski definition) is 1. The Hall–Kier alpha value is -2.76. The number of nitrogens with zero attached hydrogens (tertiary/aromatic N) is 4. The van der Waals surface area contributed by atoms with Crippen LogP contribution < -0.4 is 5.73 Å². The number of nitrogens with two attached hydrogens (primary N) is 1. The van der Waals surface area contributed by atoms with Gasteiger partial charge in [-0.2, -0.15) is 5.10 Å². The number of fused-ring (bicyclic) bond motifs is 1. The van der Waals surface area contributed by atoms with E-state index in [4.69, 9.17) is 5.73 Å². The van der Waals surface area contributed by atoms with Crippen LogP contribution in [-0.4, -0.2) is 25.7 Å². The molecule has 0 radical (unpaired) electrons. The highest BCUT2D eigenvalue weighted by molar-refractivity contribution is 5.92. The summed E-state index contributed by atoms with van der Waals surface area (Å²) in [6.45, 7) is 0. The van der Waals surface area contributed by atoms with Crippen molar-refractivity contribution < 1.29 is 4.79 Å². The summed E-state index contributed by atoms with van der Waals surface area (Å²) in [7, 11) is 1.87. The number of hydrogen-bond acceptors (Lipinski definition) is 4. The second-order valence-electron chi connectivity index (χ2n) is 4.24. The lowest BCUT2D eigenvalue weighted by atomic mass is 10.1. The Morgan fingerprint density at radius 2 is 2.00 bits per heavy atom. The summed E-state index contributed by atoms with van der Waals surface area (Å²) in [5.41, 5.74) is 7.24. The Labute approximate surface area is 108 Å². The van der Waals surface area contributed by atoms with Gasteiger partial charge in [-0.05, 0) is 18.2 Å². The van der Waals surface area contributed by atoms with Gasteiger partial charge >= 0.3 is 0 Å². The molecular formula is C13H11N5O. The number of primary amides is 1. The molecule has 2 heterocycles. The van der Waals surface area contributed by atoms with Crippen molar-refractivity contribution >= 4 is 16.8 Å². The van der Waals surface area contributed by atoms with Crippen molar-refractivity contribution in [1.82, 2.24) is 19.7 Å². The van der Waals surface area contributed by atoms with Gasteiger partial charge in [0.1, 0.15) is 0 Å². The number of carbonyl (C=O) groups is 1. The maximum atomic E-state index is 11.0. The van der Waals surface area contributed by atoms with E-state index in [0.717, 1.165) is 16.5 Å². The van der Waals surface area contributed by atoms with Crippen molar-refractivity contribution in [3.05, 3.63) is 42.4 Å². The molecule has 0 atom stereocenters. The molecule has 0 bridgehead atoms. The zero-order valence-electron chi connectivity index (χ0n) is 10.2. The highest BCUT2D eigenvalue weighted by Crippen LogP contribution is 2.20. The van der Waals surface area contributed by atoms with Gasteiger partial charge in [-0.25, -0.2) is 9.97 Å². The third-order valence-corrected chi connectivity index (χ3v) is 2.81. The fraction of sp³-hybridized carbons (Fsp3) is 0.0769. The van der Waals surface area contributed by atoms with Crippen molar-refractivity contribution in [2.45, 2.75) is 0 Å². The Bertz CT molecular complexity index is 760. The monoisotopic (exact) mass is 253 g/mol. The highest BCUT2D eigenvalue weighted by Gasteiger charge is 2.06. The van der Waals surface area contributed by atoms with Crippen LogP contribution in [0.4, 0.5) is 0 Å². The quantitative estimate of drug-likeness (QED) is 0.741. The van der Waals surface area contributed by atoms with Crippen LogP contribution in [0.1, 0.15) is 10.4 Å². The molecule has 1 amide bonds. The number of aromatic nitrogens is 4. The molecule has 1 aromatic carbocycles. The fourth-order valence-electron chi connectivity index (χ4n) is 1.89. The second-order valence-corrected chi connectivity index (χ2v) is 4.24. The maximum Gasteiger partial charge on any atom is 0.251 e. The van der Waals surface area contributed by atoms with E-state index < -0.39 is 5.91 Å². The Kier molecular flexibility index (Phi) is 2.49. The minimum absolute atomic E-state index is 0.297. The summed E-state index contributed by atoms with van der Waals surface area (Å²) in [6, 6.07) is 5.77. The average Bonchev–Trinajstić information content (AvgIpc) is 2.77. The molecule has 0 saturated carbocycles. The SMILES string of the molecule is Cn1cc2cc(-c3ncc(C(N)=O)cn3)ccc2n1. The summed E-state index contributed by atoms with van der Waals surface area (Å²) >= 11 is 0. The first-order valence-corrected chi connectivity index (χ1v) is 5.69. The van der Waals surface area contributed by atoms with Gasteiger partial charge in [0, 0.05) is 36.6 Å². The molecule has 94 valence electrons. The molecular weight excluding hydrogens is 242 g/mol. The van der Waals surface area contributed by atoms with Crippen LogP contribution in [0.15, 0.2) is 36.8 Å². The summed E-state index contributed by atoms with van der Waals surface area (Å²) in [6.07, 6.45) is 4.78. The molecule has 0 aliphatic heterocycles. The van der Waals surface area contributed by atoms with E-state index >= 15 is 0 Å². The van der Waals surface area contributed by atoms with Gasteiger partial charge in [-0.3, -0.25) is 9.48 Å². The molecule has 6 nitrogen and oxygen atoms in total. The van der Waals surface area contributed by atoms with E-state index in [-0.39, 0.29) is 0 Å². The van der Waals surface area contributed by atoms with Gasteiger partial charge in [-0.15, -0.1) is 0 Å². The van der Waals surface area contributed by atoms with Crippen molar-refractivity contribution in [2.24, 2.45) is 12.8 Å². The van der Waals surface area contributed by atoms with Gasteiger partial charge in [0.15, 0.2) is 5.82 Å². The van der Waals surface area contributed by atoms with Crippen LogP contribution >= 0.6 is 0 Å². The fourth-order valence-corrected chi connectivity index (χ4v) is 1.89. The van der Waals surface area contributed by atoms with E-state index in [1.807, 2.05) is 31.4 Å². The third kappa shape index (κ3) is 2.03. The molecule has 3 aromatic rings. The van der Waals surface area contributed by atoms with E-state index in [9.17, 15) is 4.79 Å². The van der Waals surface area contributed by atoms with Crippen molar-refractivity contribution in [2.75, 3.05) is 0 Å². The van der Waals surface area contributed by atoms with Crippen LogP contribution in [0.2, 0.25) is 0 Å². The number of aryl methyl sites for hydroxylation is 1. The van der Waals surface area contributed by atoms with Crippen molar-refractivity contribution in [3.63, 3.8) is 0 Å². The standard InChI is InChI=1S/C13H11N5O/c1-18-7-9-4-8(2-3-11(9)17-18)13-15-5-10(6-16-13)12(14)19/h2-7H,1H3,(H2,14,19). The number of benzene rings is 1. The normalized spacial score (nSPS) is 10.8. The van der Waals surface area contributed by atoms with Crippen LogP contribution in [-0.2, 0) is 7.05 Å². The van der Waals surface area contributed by atoms with E-state index in [1.165, 1.54) is 12.4 Å². The highest BCUT2D eigenvalue weighted by atomic mass is 16.1. The Balaban J connectivity index is 2.05. The van der Waals surface area contributed by atoms with Gasteiger partial charge in [0.05, 0.1) is 11.1 Å². The lowest BCUT2D eigenvalue weighted by Crippen LogP contribution is -2.11. The molecule has 3 rings (SSSR count). The van der Waals surface area contributed by atoms with E-state index in [1.54, 1.807) is 4.68 Å². The molecule has 0 saturated heterocycles. The van der Waals surface area contributed by atoms with Gasteiger partial charge < -0.3 is 5.73 Å². The van der Waals surface area contributed by atoms with Crippen molar-refractivity contribution in [1.29, 1.82) is 0 Å². The molecule has 0 aliphatic rings. The van der Waals surface area contributed by atoms with E-state index in [0.29, 0.717) is 11.4 Å². The number of rotatable bonds is 2. The van der Waals surface area contributed by atoms with Crippen LogP contribution in [0.25, 0.3) is 22.3 Å². The number of amides is 1. The predicted octanol–water partition coefficient (Wildman–Crippen LogP) is 1.13. The molecule has 2 N–H and O–H groups in total. The van der Waals surface area contributed by atoms with Gasteiger partial charge in [-0.1, -0.05) is 0 Å². The van der Waals surface area contributed by atoms with Gasteiger partial charge in [0.2, 0.25) is 0 Å². The first-order valence-electron chi connectivity index (χ1n) is 5.69. The maximum absolute atomic E-state index is 11.0. The smallest absolute Gasteiger partial charge is 0.251 e. The summed E-state index contributed by atoms with van der Waals surface area (Å²) in [4.78, 5) is 19.2. The van der Waals surface area contributed by atoms with Gasteiger partial charge in [0.25, 0.3) is 5.91 Å². The average molecular weight is 253 g/mol. The lowest BCUT2D eigenvalue weighted by molar-refractivity contribution is 0.0999. The van der Waals surface area contributed by atoms with Crippen LogP contribution in [0.3, 0.4) is 0 Å². The first kappa shape index (κ1) is 11.3. The summed E-state index contributed by atoms with van der Waals surface area (Å²) in [5.74, 6) is 0.0185. The summed E-state index contributed by atoms with van der Waals surface area (Å²) in [5, 5.41) is 5.32.